The van der Waals surface area contributed by atoms with Crippen LogP contribution in [0.2, 0.25) is 0 Å². The van der Waals surface area contributed by atoms with Gasteiger partial charge in [0.05, 0.1) is 36.3 Å². The van der Waals surface area contributed by atoms with Crippen LogP contribution in [-0.4, -0.2) is 61.3 Å². The molecule has 0 aromatic heterocycles. The average molecular weight is 427 g/mol. The van der Waals surface area contributed by atoms with Gasteiger partial charge in [-0.15, -0.1) is 0 Å². The summed E-state index contributed by atoms with van der Waals surface area (Å²) in [4.78, 5) is 11.0. The first-order chi connectivity index (χ1) is 9.87. The molecule has 0 amide bonds. The molecule has 1 fully saturated rings. The smallest absolute Gasteiger partial charge is 0.336 e. The number of carboxylic acids is 1. The van der Waals surface area contributed by atoms with Crippen LogP contribution < -0.4 is 0 Å². The fourth-order valence-corrected chi connectivity index (χ4v) is 4.24. The van der Waals surface area contributed by atoms with Gasteiger partial charge in [-0.05, 0) is 40.8 Å². The first kappa shape index (κ1) is 16.6. The first-order valence-corrected chi connectivity index (χ1v) is 8.63. The predicted molar refractivity (Wildman–Crippen MR) is 81.7 cm³/mol. The molecule has 0 radical (unpaired) electrons. The Hall–Kier alpha value is -0.750. The number of carboxylic acid groups (broad SMARTS) is 1. The molecule has 21 heavy (non-hydrogen) atoms. The second kappa shape index (κ2) is 6.57. The van der Waals surface area contributed by atoms with E-state index < -0.39 is 22.0 Å². The van der Waals surface area contributed by atoms with Crippen molar-refractivity contribution in [1.29, 1.82) is 0 Å². The van der Waals surface area contributed by atoms with E-state index in [-0.39, 0.29) is 36.8 Å². The van der Waals surface area contributed by atoms with Crippen molar-refractivity contribution in [2.24, 2.45) is 0 Å². The van der Waals surface area contributed by atoms with Crippen molar-refractivity contribution in [1.82, 2.24) is 4.31 Å². The lowest BCUT2D eigenvalue weighted by Crippen LogP contribution is -2.50. The number of aliphatic hydroxyl groups excluding tert-OH is 1. The van der Waals surface area contributed by atoms with E-state index in [1.54, 1.807) is 0 Å². The highest BCUT2D eigenvalue weighted by Crippen LogP contribution is 2.23. The highest BCUT2D eigenvalue weighted by molar-refractivity contribution is 14.1. The quantitative estimate of drug-likeness (QED) is 0.674. The van der Waals surface area contributed by atoms with Crippen LogP contribution in [0, 0.1) is 3.57 Å². The molecule has 1 saturated heterocycles. The van der Waals surface area contributed by atoms with Crippen molar-refractivity contribution in [3.63, 3.8) is 0 Å². The maximum Gasteiger partial charge on any atom is 0.336 e. The van der Waals surface area contributed by atoms with Crippen LogP contribution in [0.1, 0.15) is 10.4 Å². The molecule has 1 aromatic carbocycles. The Morgan fingerprint density at radius 2 is 2.19 bits per heavy atom. The van der Waals surface area contributed by atoms with Gasteiger partial charge in [-0.1, -0.05) is 0 Å². The van der Waals surface area contributed by atoms with Crippen molar-refractivity contribution in [2.45, 2.75) is 10.9 Å². The van der Waals surface area contributed by atoms with E-state index >= 15 is 0 Å². The van der Waals surface area contributed by atoms with E-state index in [2.05, 4.69) is 0 Å². The van der Waals surface area contributed by atoms with Gasteiger partial charge in [0, 0.05) is 10.1 Å². The minimum absolute atomic E-state index is 0.0644. The minimum atomic E-state index is -3.87. The highest BCUT2D eigenvalue weighted by atomic mass is 127. The molecule has 116 valence electrons. The molecule has 1 heterocycles. The van der Waals surface area contributed by atoms with Crippen LogP contribution in [0.15, 0.2) is 23.1 Å². The van der Waals surface area contributed by atoms with Crippen molar-refractivity contribution >= 4 is 38.6 Å². The molecule has 2 rings (SSSR count). The zero-order valence-electron chi connectivity index (χ0n) is 10.9. The van der Waals surface area contributed by atoms with Crippen LogP contribution in [0.3, 0.4) is 0 Å². The number of nitrogens with zero attached hydrogens (tertiary/aromatic N) is 1. The van der Waals surface area contributed by atoms with E-state index in [1.165, 1.54) is 12.1 Å². The van der Waals surface area contributed by atoms with Crippen molar-refractivity contribution in [2.75, 3.05) is 26.4 Å². The SMILES string of the molecule is O=C(O)c1cc(S(=O)(=O)N2CCOCC2CO)ccc1I. The number of benzene rings is 1. The number of sulfonamides is 1. The number of hydrogen-bond acceptors (Lipinski definition) is 5. The van der Waals surface area contributed by atoms with E-state index in [4.69, 9.17) is 9.84 Å². The van der Waals surface area contributed by atoms with Gasteiger partial charge in [-0.2, -0.15) is 4.31 Å². The number of halogens is 1. The Bertz CT molecular complexity index is 647. The largest absolute Gasteiger partial charge is 0.478 e. The summed E-state index contributed by atoms with van der Waals surface area (Å²) in [6, 6.07) is 3.30. The molecule has 0 spiro atoms. The zero-order valence-corrected chi connectivity index (χ0v) is 13.9. The first-order valence-electron chi connectivity index (χ1n) is 6.11. The Kier molecular flexibility index (Phi) is 5.20. The molecular weight excluding hydrogens is 413 g/mol. The summed E-state index contributed by atoms with van der Waals surface area (Å²) in [6.07, 6.45) is 0. The summed E-state index contributed by atoms with van der Waals surface area (Å²) < 4.78 is 32.0. The molecule has 1 aromatic rings. The molecule has 7 nitrogen and oxygen atoms in total. The second-order valence-electron chi connectivity index (χ2n) is 4.47. The van der Waals surface area contributed by atoms with Gasteiger partial charge < -0.3 is 14.9 Å². The summed E-state index contributed by atoms with van der Waals surface area (Å²) in [5, 5.41) is 18.4. The van der Waals surface area contributed by atoms with Crippen LogP contribution in [0.5, 0.6) is 0 Å². The van der Waals surface area contributed by atoms with E-state index in [1.807, 2.05) is 22.6 Å². The lowest BCUT2D eigenvalue weighted by Gasteiger charge is -2.33. The summed E-state index contributed by atoms with van der Waals surface area (Å²) in [5.41, 5.74) is -0.0644. The fourth-order valence-electron chi connectivity index (χ4n) is 2.06. The van der Waals surface area contributed by atoms with Gasteiger partial charge in [-0.25, -0.2) is 13.2 Å². The van der Waals surface area contributed by atoms with Crippen LogP contribution >= 0.6 is 22.6 Å². The van der Waals surface area contributed by atoms with Gasteiger partial charge in [-0.3, -0.25) is 0 Å². The third-order valence-electron chi connectivity index (χ3n) is 3.16. The molecule has 1 aliphatic heterocycles. The number of aromatic carboxylic acids is 1. The number of carbonyl (C=O) groups is 1. The third-order valence-corrected chi connectivity index (χ3v) is 6.05. The second-order valence-corrected chi connectivity index (χ2v) is 7.53. The van der Waals surface area contributed by atoms with Gasteiger partial charge in [0.1, 0.15) is 0 Å². The van der Waals surface area contributed by atoms with Gasteiger partial charge in [0.2, 0.25) is 10.0 Å². The number of morpholine rings is 1. The monoisotopic (exact) mass is 427 g/mol. The zero-order chi connectivity index (χ0) is 15.6. The molecule has 1 aliphatic rings. The summed E-state index contributed by atoms with van der Waals surface area (Å²) >= 11 is 1.84. The summed E-state index contributed by atoms with van der Waals surface area (Å²) in [7, 11) is -3.87. The van der Waals surface area contributed by atoms with Crippen molar-refractivity contribution < 1.29 is 28.2 Å². The predicted octanol–water partition coefficient (Wildman–Crippen LogP) is 0.371. The maximum absolute atomic E-state index is 12.6. The minimum Gasteiger partial charge on any atom is -0.478 e. The molecular formula is C12H14INO6S. The standard InChI is InChI=1S/C12H14INO6S/c13-11-2-1-9(5-10(11)12(16)17)21(18,19)14-3-4-20-7-8(14)6-15/h1-2,5,8,15H,3-4,6-7H2,(H,16,17). The van der Waals surface area contributed by atoms with Crippen molar-refractivity contribution in [3.05, 3.63) is 27.3 Å². The van der Waals surface area contributed by atoms with Crippen LogP contribution in [0.25, 0.3) is 0 Å². The van der Waals surface area contributed by atoms with Crippen molar-refractivity contribution in [3.8, 4) is 0 Å². The molecule has 0 aliphatic carbocycles. The summed E-state index contributed by atoms with van der Waals surface area (Å²) in [6.45, 7) is 0.134. The maximum atomic E-state index is 12.6. The lowest BCUT2D eigenvalue weighted by atomic mass is 10.2. The van der Waals surface area contributed by atoms with Crippen LogP contribution in [-0.2, 0) is 14.8 Å². The Morgan fingerprint density at radius 1 is 1.48 bits per heavy atom. The molecule has 2 N–H and O–H groups in total. The molecule has 0 saturated carbocycles. The van der Waals surface area contributed by atoms with E-state index in [9.17, 15) is 18.3 Å². The number of aliphatic hydroxyl groups is 1. The van der Waals surface area contributed by atoms with E-state index in [0.29, 0.717) is 3.57 Å². The highest BCUT2D eigenvalue weighted by Gasteiger charge is 2.34. The summed E-state index contributed by atoms with van der Waals surface area (Å²) in [5.74, 6) is -1.18. The Labute approximate surface area is 135 Å². The number of hydrogen-bond donors (Lipinski definition) is 2. The molecule has 9 heteroatoms. The normalized spacial score (nSPS) is 20.4. The number of ether oxygens (including phenoxy) is 1. The van der Waals surface area contributed by atoms with Gasteiger partial charge >= 0.3 is 5.97 Å². The third kappa shape index (κ3) is 3.37. The molecule has 1 atom stereocenters. The Morgan fingerprint density at radius 3 is 2.81 bits per heavy atom. The lowest BCUT2D eigenvalue weighted by molar-refractivity contribution is 0.0109. The topological polar surface area (TPSA) is 104 Å². The average Bonchev–Trinajstić information content (AvgIpc) is 2.47. The van der Waals surface area contributed by atoms with Gasteiger partial charge in [0.25, 0.3) is 0 Å². The Balaban J connectivity index is 2.43. The van der Waals surface area contributed by atoms with Gasteiger partial charge in [0.15, 0.2) is 0 Å². The number of rotatable bonds is 4. The van der Waals surface area contributed by atoms with Crippen LogP contribution in [0.4, 0.5) is 0 Å². The molecule has 0 bridgehead atoms. The van der Waals surface area contributed by atoms with E-state index in [0.717, 1.165) is 10.4 Å². The molecule has 1 unspecified atom stereocenters. The fraction of sp³-hybridized carbons (Fsp3) is 0.417.